The number of aromatic nitrogens is 2. The van der Waals surface area contributed by atoms with Crippen LogP contribution in [-0.2, 0) is 0 Å². The van der Waals surface area contributed by atoms with Gasteiger partial charge in [0.15, 0.2) is 0 Å². The molecular weight excluding hydrogens is 200 g/mol. The van der Waals surface area contributed by atoms with E-state index in [1.54, 1.807) is 18.3 Å². The van der Waals surface area contributed by atoms with Gasteiger partial charge in [0.05, 0.1) is 16.8 Å². The van der Waals surface area contributed by atoms with Crippen molar-refractivity contribution in [3.05, 3.63) is 47.8 Å². The summed E-state index contributed by atoms with van der Waals surface area (Å²) in [6.45, 7) is 0. The molecule has 0 radical (unpaired) electrons. The van der Waals surface area contributed by atoms with E-state index < -0.39 is 0 Å². The van der Waals surface area contributed by atoms with Gasteiger partial charge in [0.1, 0.15) is 17.8 Å². The van der Waals surface area contributed by atoms with Crippen LogP contribution in [0.25, 0.3) is 11.4 Å². The lowest BCUT2D eigenvalue weighted by Crippen LogP contribution is -1.94. The quantitative estimate of drug-likeness (QED) is 0.714. The summed E-state index contributed by atoms with van der Waals surface area (Å²) in [4.78, 5) is 8.20. The molecule has 0 aromatic carbocycles. The predicted octanol–water partition coefficient (Wildman–Crippen LogP) is 1.89. The molecule has 2 aromatic heterocycles. The Hall–Kier alpha value is -2.72. The maximum absolute atomic E-state index is 9.02. The average Bonchev–Trinajstić information content (AvgIpc) is 2.38. The third-order valence-electron chi connectivity index (χ3n) is 2.09. The molecule has 4 nitrogen and oxygen atoms in total. The van der Waals surface area contributed by atoms with Crippen LogP contribution >= 0.6 is 0 Å². The minimum Gasteiger partial charge on any atom is -0.255 e. The van der Waals surface area contributed by atoms with Crippen molar-refractivity contribution in [2.45, 2.75) is 0 Å². The number of rotatable bonds is 1. The van der Waals surface area contributed by atoms with Gasteiger partial charge in [-0.05, 0) is 18.2 Å². The van der Waals surface area contributed by atoms with E-state index in [1.165, 1.54) is 12.3 Å². The van der Waals surface area contributed by atoms with E-state index in [-0.39, 0.29) is 5.56 Å². The summed E-state index contributed by atoms with van der Waals surface area (Å²) in [5.74, 6) is 0. The van der Waals surface area contributed by atoms with Crippen LogP contribution in [0.4, 0.5) is 0 Å². The van der Waals surface area contributed by atoms with Crippen LogP contribution in [0.15, 0.2) is 36.7 Å². The van der Waals surface area contributed by atoms with Gasteiger partial charge in [-0.2, -0.15) is 10.5 Å². The van der Waals surface area contributed by atoms with E-state index in [4.69, 9.17) is 10.5 Å². The lowest BCUT2D eigenvalue weighted by Gasteiger charge is -2.02. The summed E-state index contributed by atoms with van der Waals surface area (Å²) in [5.41, 5.74) is 1.63. The van der Waals surface area contributed by atoms with Crippen LogP contribution in [0.3, 0.4) is 0 Å². The van der Waals surface area contributed by atoms with Gasteiger partial charge in [-0.25, -0.2) is 0 Å². The van der Waals surface area contributed by atoms with Crippen LogP contribution in [0, 0.1) is 22.7 Å². The van der Waals surface area contributed by atoms with Gasteiger partial charge in [-0.3, -0.25) is 9.97 Å². The predicted molar refractivity (Wildman–Crippen MR) is 56.9 cm³/mol. The van der Waals surface area contributed by atoms with E-state index in [0.29, 0.717) is 17.0 Å². The van der Waals surface area contributed by atoms with Crippen molar-refractivity contribution in [3.8, 4) is 23.5 Å². The molecule has 0 saturated carbocycles. The number of pyridine rings is 2. The van der Waals surface area contributed by atoms with Gasteiger partial charge < -0.3 is 0 Å². The summed E-state index contributed by atoms with van der Waals surface area (Å²) >= 11 is 0. The molecular formula is C12H6N4. The van der Waals surface area contributed by atoms with Gasteiger partial charge in [-0.1, -0.05) is 6.07 Å². The maximum Gasteiger partial charge on any atom is 0.108 e. The normalized spacial score (nSPS) is 9.12. The first kappa shape index (κ1) is 9.82. The Morgan fingerprint density at radius 1 is 0.938 bits per heavy atom. The lowest BCUT2D eigenvalue weighted by molar-refractivity contribution is 1.22. The maximum atomic E-state index is 9.02. The monoisotopic (exact) mass is 206 g/mol. The molecule has 0 N–H and O–H groups in total. The summed E-state index contributed by atoms with van der Waals surface area (Å²) in [6, 6.07) is 10.8. The molecule has 0 amide bonds. The van der Waals surface area contributed by atoms with Gasteiger partial charge >= 0.3 is 0 Å². The fraction of sp³-hybridized carbons (Fsp3) is 0. The lowest BCUT2D eigenvalue weighted by atomic mass is 10.1. The molecule has 0 unspecified atom stereocenters. The highest BCUT2D eigenvalue weighted by Crippen LogP contribution is 2.20. The van der Waals surface area contributed by atoms with E-state index >= 15 is 0 Å². The van der Waals surface area contributed by atoms with Crippen LogP contribution in [0.1, 0.15) is 11.1 Å². The second kappa shape index (κ2) is 4.20. The number of hydrogen-bond donors (Lipinski definition) is 0. The van der Waals surface area contributed by atoms with E-state index in [0.717, 1.165) is 0 Å². The zero-order valence-electron chi connectivity index (χ0n) is 8.25. The van der Waals surface area contributed by atoms with Crippen LogP contribution in [0.5, 0.6) is 0 Å². The highest BCUT2D eigenvalue weighted by atomic mass is 14.8. The molecule has 74 valence electrons. The first-order chi connectivity index (χ1) is 7.86. The van der Waals surface area contributed by atoms with Crippen LogP contribution < -0.4 is 0 Å². The minimum atomic E-state index is 0.267. The minimum absolute atomic E-state index is 0.267. The molecule has 0 spiro atoms. The van der Waals surface area contributed by atoms with Gasteiger partial charge in [0.25, 0.3) is 0 Å². The van der Waals surface area contributed by atoms with Crippen molar-refractivity contribution in [1.29, 1.82) is 10.5 Å². The largest absolute Gasteiger partial charge is 0.255 e. The third-order valence-corrected chi connectivity index (χ3v) is 2.09. The Kier molecular flexibility index (Phi) is 2.58. The molecule has 4 heteroatoms. The Balaban J connectivity index is 2.69. The molecule has 2 heterocycles. The van der Waals surface area contributed by atoms with Crippen LogP contribution in [0.2, 0.25) is 0 Å². The van der Waals surface area contributed by atoms with Crippen molar-refractivity contribution in [2.75, 3.05) is 0 Å². The number of nitriles is 2. The topological polar surface area (TPSA) is 73.4 Å². The van der Waals surface area contributed by atoms with Crippen molar-refractivity contribution >= 4 is 0 Å². The molecule has 0 atom stereocenters. The van der Waals surface area contributed by atoms with Gasteiger partial charge in [-0.15, -0.1) is 0 Å². The van der Waals surface area contributed by atoms with E-state index in [9.17, 15) is 0 Å². The Morgan fingerprint density at radius 3 is 2.44 bits per heavy atom. The number of hydrogen-bond acceptors (Lipinski definition) is 4. The molecule has 0 aliphatic rings. The Bertz CT molecular complexity index is 591. The standard InChI is InChI=1S/C12H6N4/c13-7-9-4-6-16-12(10(9)8-14)11-3-1-2-5-15-11/h1-6H. The zero-order chi connectivity index (χ0) is 11.4. The molecule has 0 bridgehead atoms. The highest BCUT2D eigenvalue weighted by Gasteiger charge is 2.11. The average molecular weight is 206 g/mol. The van der Waals surface area contributed by atoms with Crippen molar-refractivity contribution in [2.24, 2.45) is 0 Å². The van der Waals surface area contributed by atoms with Crippen molar-refractivity contribution in [3.63, 3.8) is 0 Å². The van der Waals surface area contributed by atoms with Crippen molar-refractivity contribution in [1.82, 2.24) is 9.97 Å². The third kappa shape index (κ3) is 1.60. The second-order valence-electron chi connectivity index (χ2n) is 3.02. The number of nitrogens with zero attached hydrogens (tertiary/aromatic N) is 4. The summed E-state index contributed by atoms with van der Waals surface area (Å²) in [5, 5.41) is 17.9. The first-order valence-electron chi connectivity index (χ1n) is 4.57. The SMILES string of the molecule is N#Cc1ccnc(-c2ccccn2)c1C#N. The summed E-state index contributed by atoms with van der Waals surface area (Å²) < 4.78 is 0. The van der Waals surface area contributed by atoms with Crippen LogP contribution in [-0.4, -0.2) is 9.97 Å². The molecule has 2 rings (SSSR count). The fourth-order valence-corrected chi connectivity index (χ4v) is 1.37. The zero-order valence-corrected chi connectivity index (χ0v) is 8.25. The highest BCUT2D eigenvalue weighted by molar-refractivity contribution is 5.66. The smallest absolute Gasteiger partial charge is 0.108 e. The first-order valence-corrected chi connectivity index (χ1v) is 4.57. The van der Waals surface area contributed by atoms with E-state index in [1.807, 2.05) is 18.2 Å². The fourth-order valence-electron chi connectivity index (χ4n) is 1.37. The summed E-state index contributed by atoms with van der Waals surface area (Å²) in [7, 11) is 0. The van der Waals surface area contributed by atoms with Crippen molar-refractivity contribution < 1.29 is 0 Å². The van der Waals surface area contributed by atoms with E-state index in [2.05, 4.69) is 9.97 Å². The Morgan fingerprint density at radius 2 is 1.81 bits per heavy atom. The summed E-state index contributed by atoms with van der Waals surface area (Å²) in [6.07, 6.45) is 3.13. The van der Waals surface area contributed by atoms with Gasteiger partial charge in [0, 0.05) is 12.4 Å². The van der Waals surface area contributed by atoms with Gasteiger partial charge in [0.2, 0.25) is 0 Å². The molecule has 0 fully saturated rings. The molecule has 0 aliphatic heterocycles. The molecule has 2 aromatic rings. The second-order valence-corrected chi connectivity index (χ2v) is 3.02. The Labute approximate surface area is 92.4 Å². The molecule has 0 saturated heterocycles. The molecule has 16 heavy (non-hydrogen) atoms. The molecule has 0 aliphatic carbocycles.